The van der Waals surface area contributed by atoms with Gasteiger partial charge in [-0.25, -0.2) is 0 Å². The van der Waals surface area contributed by atoms with Crippen LogP contribution in [0.4, 0.5) is 0 Å². The summed E-state index contributed by atoms with van der Waals surface area (Å²) in [6, 6.07) is 5.83. The van der Waals surface area contributed by atoms with Gasteiger partial charge >= 0.3 is 0 Å². The zero-order valence-corrected chi connectivity index (χ0v) is 13.5. The number of hydrogen-bond donors (Lipinski definition) is 1. The van der Waals surface area contributed by atoms with Crippen molar-refractivity contribution in [3.05, 3.63) is 23.8 Å². The molecule has 21 heavy (non-hydrogen) atoms. The van der Waals surface area contributed by atoms with Gasteiger partial charge in [0.25, 0.3) is 0 Å². The second-order valence-electron chi connectivity index (χ2n) is 6.04. The van der Waals surface area contributed by atoms with Gasteiger partial charge in [0, 0.05) is 0 Å². The van der Waals surface area contributed by atoms with Gasteiger partial charge < -0.3 is 14.6 Å². The van der Waals surface area contributed by atoms with E-state index in [9.17, 15) is 5.11 Å². The van der Waals surface area contributed by atoms with Crippen LogP contribution in [-0.4, -0.2) is 18.3 Å². The van der Waals surface area contributed by atoms with Gasteiger partial charge in [0.2, 0.25) is 0 Å². The summed E-state index contributed by atoms with van der Waals surface area (Å²) in [6.45, 7) is 7.43. The van der Waals surface area contributed by atoms with E-state index in [0.717, 1.165) is 35.8 Å². The average molecular weight is 292 g/mol. The largest absolute Gasteiger partial charge is 0.490 e. The Balaban J connectivity index is 2.13. The van der Waals surface area contributed by atoms with Gasteiger partial charge in [-0.2, -0.15) is 0 Å². The summed E-state index contributed by atoms with van der Waals surface area (Å²) in [5.74, 6) is 2.66. The van der Waals surface area contributed by atoms with Crippen molar-refractivity contribution in [1.82, 2.24) is 0 Å². The Labute approximate surface area is 128 Å². The van der Waals surface area contributed by atoms with Crippen molar-refractivity contribution in [2.45, 2.75) is 52.6 Å². The molecular formula is C18H28O3. The molecule has 1 aliphatic rings. The molecule has 0 amide bonds. The van der Waals surface area contributed by atoms with E-state index in [1.165, 1.54) is 12.8 Å². The van der Waals surface area contributed by atoms with E-state index >= 15 is 0 Å². The van der Waals surface area contributed by atoms with E-state index in [4.69, 9.17) is 9.47 Å². The van der Waals surface area contributed by atoms with Gasteiger partial charge in [-0.3, -0.25) is 0 Å². The van der Waals surface area contributed by atoms with Crippen molar-refractivity contribution in [1.29, 1.82) is 0 Å². The molecule has 1 aliphatic carbocycles. The van der Waals surface area contributed by atoms with Crippen molar-refractivity contribution in [2.75, 3.05) is 13.2 Å². The number of benzene rings is 1. The molecule has 0 saturated heterocycles. The highest BCUT2D eigenvalue weighted by Crippen LogP contribution is 2.39. The predicted octanol–water partition coefficient (Wildman–Crippen LogP) is 4.34. The van der Waals surface area contributed by atoms with Crippen LogP contribution in [0.15, 0.2) is 18.2 Å². The Morgan fingerprint density at radius 1 is 1.05 bits per heavy atom. The molecule has 2 rings (SSSR count). The first-order chi connectivity index (χ1) is 10.2. The van der Waals surface area contributed by atoms with E-state index < -0.39 is 6.10 Å². The van der Waals surface area contributed by atoms with Crippen LogP contribution in [0.5, 0.6) is 11.5 Å². The monoisotopic (exact) mass is 292 g/mol. The maximum atomic E-state index is 10.6. The summed E-state index contributed by atoms with van der Waals surface area (Å²) in [4.78, 5) is 0. The third-order valence-electron chi connectivity index (χ3n) is 4.42. The smallest absolute Gasteiger partial charge is 0.161 e. The van der Waals surface area contributed by atoms with Crippen molar-refractivity contribution in [3.8, 4) is 11.5 Å². The lowest BCUT2D eigenvalue weighted by Gasteiger charge is -2.30. The normalized spacial score (nSPS) is 23.6. The summed E-state index contributed by atoms with van der Waals surface area (Å²) in [6.07, 6.45) is 4.26. The van der Waals surface area contributed by atoms with E-state index in [0.29, 0.717) is 19.1 Å². The van der Waals surface area contributed by atoms with Gasteiger partial charge in [-0.15, -0.1) is 0 Å². The molecule has 0 bridgehead atoms. The first-order valence-corrected chi connectivity index (χ1v) is 8.23. The molecule has 0 aromatic heterocycles. The fourth-order valence-electron chi connectivity index (χ4n) is 3.13. The highest BCUT2D eigenvalue weighted by Gasteiger charge is 2.26. The van der Waals surface area contributed by atoms with Crippen LogP contribution in [-0.2, 0) is 0 Å². The molecule has 1 N–H and O–H groups in total. The fraction of sp³-hybridized carbons (Fsp3) is 0.667. The third-order valence-corrected chi connectivity index (χ3v) is 4.42. The van der Waals surface area contributed by atoms with Crippen LogP contribution in [0.3, 0.4) is 0 Å². The van der Waals surface area contributed by atoms with Gasteiger partial charge in [0.1, 0.15) is 0 Å². The zero-order chi connectivity index (χ0) is 15.2. The van der Waals surface area contributed by atoms with Crippen LogP contribution in [0.2, 0.25) is 0 Å². The molecule has 0 aliphatic heterocycles. The standard InChI is InChI=1S/C18H28O3/c1-4-20-16-11-10-15(12-17(16)21-5-2)18(19)14-8-6-13(3)7-9-14/h10-14,18-19H,4-9H2,1-3H3. The van der Waals surface area contributed by atoms with Crippen LogP contribution in [0, 0.1) is 11.8 Å². The molecule has 1 atom stereocenters. The van der Waals surface area contributed by atoms with Gasteiger partial charge in [0.05, 0.1) is 19.3 Å². The van der Waals surface area contributed by atoms with Crippen molar-refractivity contribution >= 4 is 0 Å². The SMILES string of the molecule is CCOc1ccc(C(O)C2CCC(C)CC2)cc1OCC. The number of aliphatic hydroxyl groups excluding tert-OH is 1. The van der Waals surface area contributed by atoms with E-state index in [1.54, 1.807) is 0 Å². The lowest BCUT2D eigenvalue weighted by atomic mass is 9.78. The molecule has 0 radical (unpaired) electrons. The number of hydrogen-bond acceptors (Lipinski definition) is 3. The van der Waals surface area contributed by atoms with Crippen molar-refractivity contribution in [3.63, 3.8) is 0 Å². The summed E-state index contributed by atoms with van der Waals surface area (Å²) >= 11 is 0. The Hall–Kier alpha value is -1.22. The second kappa shape index (κ2) is 7.69. The third kappa shape index (κ3) is 4.13. The minimum absolute atomic E-state index is 0.369. The molecule has 0 heterocycles. The summed E-state index contributed by atoms with van der Waals surface area (Å²) < 4.78 is 11.2. The van der Waals surface area contributed by atoms with Crippen LogP contribution in [0.25, 0.3) is 0 Å². The molecule has 1 aromatic carbocycles. The van der Waals surface area contributed by atoms with Crippen molar-refractivity contribution < 1.29 is 14.6 Å². The molecule has 1 saturated carbocycles. The Bertz CT molecular complexity index is 436. The van der Waals surface area contributed by atoms with Crippen LogP contribution in [0.1, 0.15) is 58.1 Å². The van der Waals surface area contributed by atoms with Gasteiger partial charge in [0.15, 0.2) is 11.5 Å². The maximum Gasteiger partial charge on any atom is 0.161 e. The van der Waals surface area contributed by atoms with Crippen LogP contribution < -0.4 is 9.47 Å². The Kier molecular flexibility index (Phi) is 5.92. The minimum atomic E-state index is -0.396. The molecule has 3 nitrogen and oxygen atoms in total. The quantitative estimate of drug-likeness (QED) is 0.847. The molecular weight excluding hydrogens is 264 g/mol. The number of aliphatic hydroxyl groups is 1. The maximum absolute atomic E-state index is 10.6. The van der Waals surface area contributed by atoms with E-state index in [-0.39, 0.29) is 0 Å². The molecule has 0 spiro atoms. The number of ether oxygens (including phenoxy) is 2. The molecule has 118 valence electrons. The van der Waals surface area contributed by atoms with Crippen LogP contribution >= 0.6 is 0 Å². The number of rotatable bonds is 6. The Morgan fingerprint density at radius 2 is 1.67 bits per heavy atom. The zero-order valence-electron chi connectivity index (χ0n) is 13.5. The lowest BCUT2D eigenvalue weighted by Crippen LogP contribution is -2.19. The molecule has 1 fully saturated rings. The molecule has 1 aromatic rings. The van der Waals surface area contributed by atoms with Gasteiger partial charge in [-0.1, -0.05) is 25.8 Å². The van der Waals surface area contributed by atoms with E-state index in [2.05, 4.69) is 6.92 Å². The summed E-state index contributed by atoms with van der Waals surface area (Å²) in [5, 5.41) is 10.6. The molecule has 1 unspecified atom stereocenters. The van der Waals surface area contributed by atoms with E-state index in [1.807, 2.05) is 32.0 Å². The fourth-order valence-corrected chi connectivity index (χ4v) is 3.13. The van der Waals surface area contributed by atoms with Crippen molar-refractivity contribution in [2.24, 2.45) is 11.8 Å². The highest BCUT2D eigenvalue weighted by atomic mass is 16.5. The molecule has 3 heteroatoms. The summed E-state index contributed by atoms with van der Waals surface area (Å²) in [5.41, 5.74) is 0.946. The summed E-state index contributed by atoms with van der Waals surface area (Å²) in [7, 11) is 0. The second-order valence-corrected chi connectivity index (χ2v) is 6.04. The van der Waals surface area contributed by atoms with Gasteiger partial charge in [-0.05, 0) is 56.2 Å². The lowest BCUT2D eigenvalue weighted by molar-refractivity contribution is 0.0752. The average Bonchev–Trinajstić information content (AvgIpc) is 2.49. The minimum Gasteiger partial charge on any atom is -0.490 e. The topological polar surface area (TPSA) is 38.7 Å². The first-order valence-electron chi connectivity index (χ1n) is 8.23. The predicted molar refractivity (Wildman–Crippen MR) is 84.9 cm³/mol. The highest BCUT2D eigenvalue weighted by molar-refractivity contribution is 5.43. The first kappa shape index (κ1) is 16.2. The Morgan fingerprint density at radius 3 is 2.29 bits per heavy atom.